The molecule has 9 heteroatoms. The van der Waals surface area contributed by atoms with Gasteiger partial charge in [0.15, 0.2) is 5.69 Å². The van der Waals surface area contributed by atoms with Crippen molar-refractivity contribution in [2.75, 3.05) is 7.11 Å². The number of aromatic nitrogens is 4. The standard InChI is InChI=1S/C13H11N5O4/c1-21-12(19)9-7-22-11(15-9)6-14-13(20)18-10-5-3-2-4-8(10)16-17-18/h2-5,7H,6H2,1H3,(H,14,20). The molecule has 0 saturated carbocycles. The predicted molar refractivity (Wildman–Crippen MR) is 73.0 cm³/mol. The summed E-state index contributed by atoms with van der Waals surface area (Å²) in [6, 6.07) is 6.59. The number of ether oxygens (including phenoxy) is 1. The van der Waals surface area contributed by atoms with Crippen molar-refractivity contribution in [1.29, 1.82) is 0 Å². The topological polar surface area (TPSA) is 112 Å². The highest BCUT2D eigenvalue weighted by molar-refractivity contribution is 5.88. The van der Waals surface area contributed by atoms with Crippen LogP contribution in [0.15, 0.2) is 34.9 Å². The van der Waals surface area contributed by atoms with Crippen molar-refractivity contribution in [1.82, 2.24) is 25.3 Å². The summed E-state index contributed by atoms with van der Waals surface area (Å²) in [6.45, 7) is 0.00398. The van der Waals surface area contributed by atoms with Gasteiger partial charge >= 0.3 is 12.0 Å². The van der Waals surface area contributed by atoms with E-state index in [1.807, 2.05) is 0 Å². The van der Waals surface area contributed by atoms with Crippen molar-refractivity contribution >= 4 is 23.0 Å². The van der Waals surface area contributed by atoms with Crippen molar-refractivity contribution in [2.45, 2.75) is 6.54 Å². The molecule has 3 rings (SSSR count). The summed E-state index contributed by atoms with van der Waals surface area (Å²) in [5, 5.41) is 10.2. The first-order valence-electron chi connectivity index (χ1n) is 6.30. The fourth-order valence-electron chi connectivity index (χ4n) is 1.84. The van der Waals surface area contributed by atoms with Gasteiger partial charge in [0.1, 0.15) is 11.8 Å². The second-order valence-electron chi connectivity index (χ2n) is 4.27. The molecule has 0 radical (unpaired) electrons. The number of amides is 1. The quantitative estimate of drug-likeness (QED) is 0.717. The number of oxazole rings is 1. The lowest BCUT2D eigenvalue weighted by Crippen LogP contribution is -2.29. The largest absolute Gasteiger partial charge is 0.464 e. The highest BCUT2D eigenvalue weighted by Gasteiger charge is 2.15. The van der Waals surface area contributed by atoms with Crippen LogP contribution in [0.25, 0.3) is 11.0 Å². The maximum atomic E-state index is 12.1. The second kappa shape index (κ2) is 5.64. The first kappa shape index (κ1) is 13.7. The Labute approximate surface area is 123 Å². The van der Waals surface area contributed by atoms with Crippen LogP contribution in [0.5, 0.6) is 0 Å². The van der Waals surface area contributed by atoms with Gasteiger partial charge in [0.2, 0.25) is 5.89 Å². The number of nitrogens with zero attached hydrogens (tertiary/aromatic N) is 4. The van der Waals surface area contributed by atoms with Crippen molar-refractivity contribution in [3.63, 3.8) is 0 Å². The average molecular weight is 301 g/mol. The van der Waals surface area contributed by atoms with E-state index in [0.717, 1.165) is 10.9 Å². The number of rotatable bonds is 3. The fraction of sp³-hybridized carbons (Fsp3) is 0.154. The Morgan fingerprint density at radius 2 is 2.18 bits per heavy atom. The van der Waals surface area contributed by atoms with Crippen LogP contribution in [0.4, 0.5) is 4.79 Å². The van der Waals surface area contributed by atoms with Gasteiger partial charge in [-0.15, -0.1) is 5.10 Å². The van der Waals surface area contributed by atoms with Gasteiger partial charge < -0.3 is 14.5 Å². The van der Waals surface area contributed by atoms with E-state index in [1.165, 1.54) is 7.11 Å². The third-order valence-corrected chi connectivity index (χ3v) is 2.88. The molecule has 0 aliphatic heterocycles. The molecule has 1 aromatic carbocycles. The molecule has 0 saturated heterocycles. The number of carbonyl (C=O) groups is 2. The smallest absolute Gasteiger partial charge is 0.360 e. The lowest BCUT2D eigenvalue weighted by Gasteiger charge is -2.02. The maximum Gasteiger partial charge on any atom is 0.360 e. The number of esters is 1. The normalized spacial score (nSPS) is 10.6. The monoisotopic (exact) mass is 301 g/mol. The molecule has 0 bridgehead atoms. The fourth-order valence-corrected chi connectivity index (χ4v) is 1.84. The van der Waals surface area contributed by atoms with Crippen LogP contribution in [-0.4, -0.2) is 39.1 Å². The molecule has 2 aromatic heterocycles. The summed E-state index contributed by atoms with van der Waals surface area (Å²) < 4.78 is 10.7. The van der Waals surface area contributed by atoms with Gasteiger partial charge in [0.05, 0.1) is 19.2 Å². The number of benzene rings is 1. The van der Waals surface area contributed by atoms with Crippen LogP contribution in [0.2, 0.25) is 0 Å². The van der Waals surface area contributed by atoms with E-state index in [9.17, 15) is 9.59 Å². The highest BCUT2D eigenvalue weighted by Crippen LogP contribution is 2.09. The van der Waals surface area contributed by atoms with Gasteiger partial charge in [-0.1, -0.05) is 17.3 Å². The minimum atomic E-state index is -0.608. The molecule has 0 spiro atoms. The van der Waals surface area contributed by atoms with E-state index >= 15 is 0 Å². The molecule has 0 unspecified atom stereocenters. The minimum absolute atomic E-state index is 0.00398. The van der Waals surface area contributed by atoms with Crippen LogP contribution >= 0.6 is 0 Å². The number of hydrogen-bond donors (Lipinski definition) is 1. The van der Waals surface area contributed by atoms with Crippen molar-refractivity contribution < 1.29 is 18.7 Å². The average Bonchev–Trinajstić information content (AvgIpc) is 3.18. The van der Waals surface area contributed by atoms with Gasteiger partial charge in [-0.05, 0) is 12.1 Å². The Kier molecular flexibility index (Phi) is 3.52. The molecular weight excluding hydrogens is 290 g/mol. The first-order valence-corrected chi connectivity index (χ1v) is 6.30. The van der Waals surface area contributed by atoms with Gasteiger partial charge in [-0.25, -0.2) is 14.6 Å². The number of para-hydroxylation sites is 1. The first-order chi connectivity index (χ1) is 10.7. The molecule has 3 aromatic rings. The molecule has 9 nitrogen and oxygen atoms in total. The molecule has 112 valence electrons. The van der Waals surface area contributed by atoms with E-state index in [2.05, 4.69) is 25.3 Å². The Morgan fingerprint density at radius 3 is 3.00 bits per heavy atom. The van der Waals surface area contributed by atoms with E-state index < -0.39 is 12.0 Å². The van der Waals surface area contributed by atoms with E-state index in [1.54, 1.807) is 24.3 Å². The van der Waals surface area contributed by atoms with Crippen LogP contribution in [0.1, 0.15) is 16.4 Å². The van der Waals surface area contributed by atoms with Gasteiger partial charge in [-0.3, -0.25) is 0 Å². The van der Waals surface area contributed by atoms with Gasteiger partial charge in [-0.2, -0.15) is 4.68 Å². The third kappa shape index (κ3) is 2.51. The molecular formula is C13H11N5O4. The Balaban J connectivity index is 1.70. The number of fused-ring (bicyclic) bond motifs is 1. The zero-order valence-corrected chi connectivity index (χ0v) is 11.5. The second-order valence-corrected chi connectivity index (χ2v) is 4.27. The summed E-state index contributed by atoms with van der Waals surface area (Å²) in [5.41, 5.74) is 1.24. The van der Waals surface area contributed by atoms with Crippen LogP contribution in [0.3, 0.4) is 0 Å². The lowest BCUT2D eigenvalue weighted by molar-refractivity contribution is 0.0594. The molecule has 2 heterocycles. The maximum absolute atomic E-state index is 12.1. The predicted octanol–water partition coefficient (Wildman–Crippen LogP) is 0.964. The number of carbonyl (C=O) groups excluding carboxylic acids is 2. The van der Waals surface area contributed by atoms with E-state index in [0.29, 0.717) is 11.0 Å². The van der Waals surface area contributed by atoms with Crippen LogP contribution < -0.4 is 5.32 Å². The summed E-state index contributed by atoms with van der Waals surface area (Å²) in [6.07, 6.45) is 1.16. The molecule has 0 aliphatic carbocycles. The number of nitrogens with one attached hydrogen (secondary N) is 1. The van der Waals surface area contributed by atoms with E-state index in [-0.39, 0.29) is 18.1 Å². The van der Waals surface area contributed by atoms with Gasteiger partial charge in [0, 0.05) is 0 Å². The van der Waals surface area contributed by atoms with Crippen molar-refractivity contribution in [2.24, 2.45) is 0 Å². The summed E-state index contributed by atoms with van der Waals surface area (Å²) >= 11 is 0. The van der Waals surface area contributed by atoms with Crippen molar-refractivity contribution in [3.8, 4) is 0 Å². The summed E-state index contributed by atoms with van der Waals surface area (Å²) in [4.78, 5) is 27.2. The Hall–Kier alpha value is -3.23. The van der Waals surface area contributed by atoms with Crippen molar-refractivity contribution in [3.05, 3.63) is 42.1 Å². The summed E-state index contributed by atoms with van der Waals surface area (Å²) in [7, 11) is 1.24. The number of hydrogen-bond acceptors (Lipinski definition) is 7. The zero-order chi connectivity index (χ0) is 15.5. The Bertz CT molecular complexity index is 838. The third-order valence-electron chi connectivity index (χ3n) is 2.88. The molecule has 22 heavy (non-hydrogen) atoms. The molecule has 0 aliphatic rings. The number of methoxy groups -OCH3 is 1. The SMILES string of the molecule is COC(=O)c1coc(CNC(=O)n2nnc3ccccc32)n1. The lowest BCUT2D eigenvalue weighted by atomic mass is 10.3. The van der Waals surface area contributed by atoms with Crippen LogP contribution in [0, 0.1) is 0 Å². The van der Waals surface area contributed by atoms with Gasteiger partial charge in [0.25, 0.3) is 0 Å². The molecule has 1 N–H and O–H groups in total. The highest BCUT2D eigenvalue weighted by atomic mass is 16.5. The minimum Gasteiger partial charge on any atom is -0.464 e. The zero-order valence-electron chi connectivity index (χ0n) is 11.5. The van der Waals surface area contributed by atoms with Crippen LogP contribution in [-0.2, 0) is 11.3 Å². The van der Waals surface area contributed by atoms with E-state index in [4.69, 9.17) is 4.42 Å². The summed E-state index contributed by atoms with van der Waals surface area (Å²) in [5.74, 6) is -0.429. The molecule has 1 amide bonds. The molecule has 0 atom stereocenters. The molecule has 0 fully saturated rings. The Morgan fingerprint density at radius 1 is 1.36 bits per heavy atom.